The highest BCUT2D eigenvalue weighted by atomic mass is 16.1. The van der Waals surface area contributed by atoms with Crippen molar-refractivity contribution < 1.29 is 4.79 Å². The molecule has 0 aromatic heterocycles. The van der Waals surface area contributed by atoms with Gasteiger partial charge in [-0.15, -0.1) is 0 Å². The summed E-state index contributed by atoms with van der Waals surface area (Å²) < 4.78 is 0. The average Bonchev–Trinajstić information content (AvgIpc) is 2.92. The molecule has 0 aliphatic heterocycles. The van der Waals surface area contributed by atoms with Crippen LogP contribution in [-0.4, -0.2) is 18.5 Å². The minimum atomic E-state index is 0.213. The van der Waals surface area contributed by atoms with E-state index in [1.807, 2.05) is 0 Å². The molecule has 0 aromatic carbocycles. The quantitative estimate of drug-likeness (QED) is 0.771. The fourth-order valence-electron chi connectivity index (χ4n) is 3.34. The van der Waals surface area contributed by atoms with E-state index in [2.05, 4.69) is 5.32 Å². The van der Waals surface area contributed by atoms with Crippen molar-refractivity contribution in [2.24, 2.45) is 17.6 Å². The molecule has 2 aliphatic carbocycles. The van der Waals surface area contributed by atoms with E-state index in [9.17, 15) is 4.79 Å². The van der Waals surface area contributed by atoms with Gasteiger partial charge in [0, 0.05) is 19.0 Å². The van der Waals surface area contributed by atoms with Crippen LogP contribution in [0.2, 0.25) is 0 Å². The molecule has 0 radical (unpaired) electrons. The van der Waals surface area contributed by atoms with E-state index in [-0.39, 0.29) is 11.9 Å². The second kappa shape index (κ2) is 6.39. The second-order valence-electron chi connectivity index (χ2n) is 5.85. The largest absolute Gasteiger partial charge is 0.356 e. The van der Waals surface area contributed by atoms with Crippen LogP contribution in [0.3, 0.4) is 0 Å². The lowest BCUT2D eigenvalue weighted by Gasteiger charge is -2.15. The summed E-state index contributed by atoms with van der Waals surface area (Å²) in [5.41, 5.74) is 5.98. The molecule has 2 atom stereocenters. The molecule has 2 fully saturated rings. The molecule has 1 amide bonds. The van der Waals surface area contributed by atoms with E-state index >= 15 is 0 Å². The Labute approximate surface area is 105 Å². The number of carbonyl (C=O) groups excluding carboxylic acids is 1. The Hall–Kier alpha value is -0.570. The number of hydrogen-bond acceptors (Lipinski definition) is 2. The maximum Gasteiger partial charge on any atom is 0.220 e. The molecule has 3 N–H and O–H groups in total. The molecule has 0 unspecified atom stereocenters. The van der Waals surface area contributed by atoms with E-state index < -0.39 is 0 Å². The maximum atomic E-state index is 11.8. The standard InChI is InChI=1S/C14H26N2O/c15-13-7-3-6-12(13)10-14(17)16-9-8-11-4-1-2-5-11/h11-13H,1-10,15H2,(H,16,17)/t12-,13+/m0/s1. The third-order valence-corrected chi connectivity index (χ3v) is 4.51. The molecule has 3 nitrogen and oxygen atoms in total. The summed E-state index contributed by atoms with van der Waals surface area (Å²) in [6.45, 7) is 0.867. The highest BCUT2D eigenvalue weighted by Gasteiger charge is 2.25. The number of hydrogen-bond donors (Lipinski definition) is 2. The Balaban J connectivity index is 1.57. The van der Waals surface area contributed by atoms with Gasteiger partial charge in [0.2, 0.25) is 5.91 Å². The van der Waals surface area contributed by atoms with Crippen molar-refractivity contribution in [3.8, 4) is 0 Å². The maximum absolute atomic E-state index is 11.8. The van der Waals surface area contributed by atoms with Crippen LogP contribution < -0.4 is 11.1 Å². The molecule has 0 heterocycles. The van der Waals surface area contributed by atoms with Gasteiger partial charge < -0.3 is 11.1 Å². The van der Waals surface area contributed by atoms with Crippen LogP contribution in [0, 0.1) is 11.8 Å². The van der Waals surface area contributed by atoms with Crippen LogP contribution in [-0.2, 0) is 4.79 Å². The Morgan fingerprint density at radius 3 is 2.53 bits per heavy atom. The summed E-state index contributed by atoms with van der Waals surface area (Å²) in [7, 11) is 0. The predicted octanol–water partition coefficient (Wildman–Crippen LogP) is 2.20. The summed E-state index contributed by atoms with van der Waals surface area (Å²) in [5.74, 6) is 1.51. The lowest BCUT2D eigenvalue weighted by molar-refractivity contribution is -0.122. The molecule has 2 saturated carbocycles. The zero-order valence-corrected chi connectivity index (χ0v) is 10.8. The molecule has 0 bridgehead atoms. The van der Waals surface area contributed by atoms with E-state index in [0.717, 1.165) is 25.3 Å². The van der Waals surface area contributed by atoms with Crippen molar-refractivity contribution in [2.45, 2.75) is 63.8 Å². The van der Waals surface area contributed by atoms with Gasteiger partial charge in [-0.25, -0.2) is 0 Å². The van der Waals surface area contributed by atoms with Gasteiger partial charge in [0.15, 0.2) is 0 Å². The number of nitrogens with two attached hydrogens (primary N) is 1. The van der Waals surface area contributed by atoms with Crippen LogP contribution in [0.25, 0.3) is 0 Å². The van der Waals surface area contributed by atoms with Gasteiger partial charge in [-0.05, 0) is 31.1 Å². The zero-order chi connectivity index (χ0) is 12.1. The van der Waals surface area contributed by atoms with E-state index in [1.54, 1.807) is 0 Å². The van der Waals surface area contributed by atoms with Gasteiger partial charge in [0.05, 0.1) is 0 Å². The zero-order valence-electron chi connectivity index (χ0n) is 10.8. The third kappa shape index (κ3) is 3.98. The van der Waals surface area contributed by atoms with Gasteiger partial charge in [0.1, 0.15) is 0 Å². The van der Waals surface area contributed by atoms with Gasteiger partial charge >= 0.3 is 0 Å². The van der Waals surface area contributed by atoms with E-state index in [4.69, 9.17) is 5.73 Å². The third-order valence-electron chi connectivity index (χ3n) is 4.51. The second-order valence-corrected chi connectivity index (χ2v) is 5.85. The van der Waals surface area contributed by atoms with Crippen molar-refractivity contribution in [1.29, 1.82) is 0 Å². The first-order valence-corrected chi connectivity index (χ1v) is 7.28. The fourth-order valence-corrected chi connectivity index (χ4v) is 3.34. The Bertz CT molecular complexity index is 249. The highest BCUT2D eigenvalue weighted by molar-refractivity contribution is 5.76. The molecule has 0 aromatic rings. The van der Waals surface area contributed by atoms with Crippen LogP contribution in [0.5, 0.6) is 0 Å². The van der Waals surface area contributed by atoms with Crippen molar-refractivity contribution in [1.82, 2.24) is 5.32 Å². The number of carbonyl (C=O) groups is 1. The summed E-state index contributed by atoms with van der Waals surface area (Å²) in [5, 5.41) is 3.06. The summed E-state index contributed by atoms with van der Waals surface area (Å²) >= 11 is 0. The van der Waals surface area contributed by atoms with Gasteiger partial charge in [-0.1, -0.05) is 32.1 Å². The average molecular weight is 238 g/mol. The lowest BCUT2D eigenvalue weighted by atomic mass is 9.99. The Morgan fingerprint density at radius 1 is 1.12 bits per heavy atom. The normalized spacial score (nSPS) is 29.7. The number of nitrogens with one attached hydrogen (secondary N) is 1. The minimum absolute atomic E-state index is 0.213. The molecule has 3 heteroatoms. The smallest absolute Gasteiger partial charge is 0.220 e. The minimum Gasteiger partial charge on any atom is -0.356 e. The number of rotatable bonds is 5. The van der Waals surface area contributed by atoms with E-state index in [0.29, 0.717) is 12.3 Å². The van der Waals surface area contributed by atoms with Crippen LogP contribution >= 0.6 is 0 Å². The SMILES string of the molecule is N[C@@H]1CCC[C@H]1CC(=O)NCCC1CCCC1. The van der Waals surface area contributed by atoms with Crippen LogP contribution in [0.1, 0.15) is 57.8 Å². The first-order valence-electron chi connectivity index (χ1n) is 7.28. The van der Waals surface area contributed by atoms with Crippen molar-refractivity contribution in [3.05, 3.63) is 0 Å². The molecule has 2 rings (SSSR count). The van der Waals surface area contributed by atoms with Crippen molar-refractivity contribution in [2.75, 3.05) is 6.54 Å². The Morgan fingerprint density at radius 2 is 1.88 bits per heavy atom. The first kappa shape index (κ1) is 12.9. The summed E-state index contributed by atoms with van der Waals surface area (Å²) in [4.78, 5) is 11.8. The van der Waals surface area contributed by atoms with Crippen LogP contribution in [0.4, 0.5) is 0 Å². The Kier molecular flexibility index (Phi) is 4.84. The van der Waals surface area contributed by atoms with E-state index in [1.165, 1.54) is 38.5 Å². The van der Waals surface area contributed by atoms with Gasteiger partial charge in [-0.2, -0.15) is 0 Å². The molecule has 0 spiro atoms. The summed E-state index contributed by atoms with van der Waals surface area (Å²) in [6, 6.07) is 0.260. The van der Waals surface area contributed by atoms with Gasteiger partial charge in [0.25, 0.3) is 0 Å². The molecule has 0 saturated heterocycles. The number of amides is 1. The fraction of sp³-hybridized carbons (Fsp3) is 0.929. The molecule has 98 valence electrons. The molecular weight excluding hydrogens is 212 g/mol. The predicted molar refractivity (Wildman–Crippen MR) is 69.5 cm³/mol. The van der Waals surface area contributed by atoms with Crippen molar-refractivity contribution in [3.63, 3.8) is 0 Å². The lowest BCUT2D eigenvalue weighted by Crippen LogP contribution is -2.32. The monoisotopic (exact) mass is 238 g/mol. The summed E-state index contributed by atoms with van der Waals surface area (Å²) in [6.07, 6.45) is 10.7. The van der Waals surface area contributed by atoms with Crippen LogP contribution in [0.15, 0.2) is 0 Å². The highest BCUT2D eigenvalue weighted by Crippen LogP contribution is 2.28. The molecular formula is C14H26N2O. The molecule has 17 heavy (non-hydrogen) atoms. The van der Waals surface area contributed by atoms with Crippen molar-refractivity contribution >= 4 is 5.91 Å². The first-order chi connectivity index (χ1) is 8.25. The van der Waals surface area contributed by atoms with Gasteiger partial charge in [-0.3, -0.25) is 4.79 Å². The topological polar surface area (TPSA) is 55.1 Å². The molecule has 2 aliphatic rings.